The highest BCUT2D eigenvalue weighted by atomic mass is 35.5. The molecule has 4 heteroatoms. The molecular weight excluding hydrogens is 298 g/mol. The number of nitrogens with zero attached hydrogens (tertiary/aromatic N) is 1. The van der Waals surface area contributed by atoms with Gasteiger partial charge >= 0.3 is 5.97 Å². The molecule has 1 fully saturated rings. The number of benzene rings is 1. The van der Waals surface area contributed by atoms with Gasteiger partial charge in [0.25, 0.3) is 0 Å². The molecule has 0 atom stereocenters. The number of hydrogen-bond acceptors (Lipinski definition) is 3. The Hall–Kier alpha value is -1.53. The van der Waals surface area contributed by atoms with Gasteiger partial charge in [0.2, 0.25) is 0 Å². The van der Waals surface area contributed by atoms with Crippen molar-refractivity contribution in [2.45, 2.75) is 51.4 Å². The number of esters is 1. The lowest BCUT2D eigenvalue weighted by atomic mass is 9.64. The normalized spacial score (nSPS) is 16.5. The number of hydrogen-bond donors (Lipinski definition) is 0. The molecule has 0 bridgehead atoms. The Morgan fingerprint density at radius 1 is 1.36 bits per heavy atom. The fraction of sp³-hybridized carbons (Fsp3) is 0.556. The Morgan fingerprint density at radius 3 is 2.50 bits per heavy atom. The predicted octanol–water partition coefficient (Wildman–Crippen LogP) is 4.63. The van der Waals surface area contributed by atoms with E-state index in [2.05, 4.69) is 6.07 Å². The van der Waals surface area contributed by atoms with E-state index in [1.165, 1.54) is 0 Å². The van der Waals surface area contributed by atoms with Gasteiger partial charge in [-0.2, -0.15) is 5.26 Å². The van der Waals surface area contributed by atoms with Crippen LogP contribution in [0.3, 0.4) is 0 Å². The van der Waals surface area contributed by atoms with E-state index in [9.17, 15) is 4.79 Å². The maximum atomic E-state index is 12.5. The van der Waals surface area contributed by atoms with E-state index in [-0.39, 0.29) is 11.4 Å². The van der Waals surface area contributed by atoms with Crippen molar-refractivity contribution in [1.29, 1.82) is 5.26 Å². The van der Waals surface area contributed by atoms with Crippen LogP contribution in [-0.4, -0.2) is 12.6 Å². The summed E-state index contributed by atoms with van der Waals surface area (Å²) in [7, 11) is 0. The molecule has 0 aromatic heterocycles. The average molecular weight is 320 g/mol. The Labute approximate surface area is 137 Å². The fourth-order valence-electron chi connectivity index (χ4n) is 2.78. The zero-order valence-electron chi connectivity index (χ0n) is 13.2. The smallest absolute Gasteiger partial charge is 0.316 e. The standard InChI is InChI=1S/C18H22ClNO2/c1-17(2,13-20)9-4-12-22-16(21)18(10-3-11-18)14-5-7-15(19)8-6-14/h5-8H,3-4,9-12H2,1-2H3. The van der Waals surface area contributed by atoms with Crippen molar-refractivity contribution in [3.63, 3.8) is 0 Å². The molecule has 1 aliphatic carbocycles. The summed E-state index contributed by atoms with van der Waals surface area (Å²) in [6, 6.07) is 9.73. The van der Waals surface area contributed by atoms with Gasteiger partial charge in [0.15, 0.2) is 0 Å². The molecule has 0 aliphatic heterocycles. The molecule has 118 valence electrons. The predicted molar refractivity (Wildman–Crippen MR) is 86.6 cm³/mol. The van der Waals surface area contributed by atoms with E-state index in [0.29, 0.717) is 18.1 Å². The second-order valence-corrected chi connectivity index (χ2v) is 7.11. The number of rotatable bonds is 6. The first-order chi connectivity index (χ1) is 10.4. The third-order valence-corrected chi connectivity index (χ3v) is 4.73. The van der Waals surface area contributed by atoms with Gasteiger partial charge in [-0.1, -0.05) is 30.2 Å². The van der Waals surface area contributed by atoms with Gasteiger partial charge in [-0.25, -0.2) is 0 Å². The summed E-state index contributed by atoms with van der Waals surface area (Å²) in [4.78, 5) is 12.5. The van der Waals surface area contributed by atoms with Crippen LogP contribution in [0.4, 0.5) is 0 Å². The highest BCUT2D eigenvalue weighted by molar-refractivity contribution is 6.30. The largest absolute Gasteiger partial charge is 0.465 e. The summed E-state index contributed by atoms with van der Waals surface area (Å²) in [6.07, 6.45) is 4.14. The topological polar surface area (TPSA) is 50.1 Å². The molecule has 0 N–H and O–H groups in total. The lowest BCUT2D eigenvalue weighted by Crippen LogP contribution is -2.43. The third-order valence-electron chi connectivity index (χ3n) is 4.48. The summed E-state index contributed by atoms with van der Waals surface area (Å²) < 4.78 is 5.49. The van der Waals surface area contributed by atoms with Crippen LogP contribution in [0.15, 0.2) is 24.3 Å². The van der Waals surface area contributed by atoms with Crippen LogP contribution in [-0.2, 0) is 14.9 Å². The monoisotopic (exact) mass is 319 g/mol. The van der Waals surface area contributed by atoms with Gasteiger partial charge in [-0.05, 0) is 57.2 Å². The molecule has 1 aromatic rings. The maximum Gasteiger partial charge on any atom is 0.316 e. The molecule has 1 aliphatic rings. The van der Waals surface area contributed by atoms with E-state index in [4.69, 9.17) is 21.6 Å². The molecule has 3 nitrogen and oxygen atoms in total. The lowest BCUT2D eigenvalue weighted by molar-refractivity contribution is -0.154. The second kappa shape index (κ2) is 6.71. The first-order valence-corrected chi connectivity index (χ1v) is 8.12. The minimum Gasteiger partial charge on any atom is -0.465 e. The summed E-state index contributed by atoms with van der Waals surface area (Å²) >= 11 is 5.92. The van der Waals surface area contributed by atoms with Gasteiger partial charge in [0.05, 0.1) is 23.5 Å². The molecule has 0 spiro atoms. The third kappa shape index (κ3) is 3.62. The van der Waals surface area contributed by atoms with E-state index in [1.54, 1.807) is 0 Å². The van der Waals surface area contributed by atoms with Gasteiger partial charge < -0.3 is 4.74 Å². The van der Waals surface area contributed by atoms with Crippen molar-refractivity contribution >= 4 is 17.6 Å². The summed E-state index contributed by atoms with van der Waals surface area (Å²) in [5.74, 6) is -0.143. The van der Waals surface area contributed by atoms with Crippen molar-refractivity contribution in [1.82, 2.24) is 0 Å². The van der Waals surface area contributed by atoms with Gasteiger partial charge in [0.1, 0.15) is 0 Å². The number of nitriles is 1. The molecule has 0 saturated heterocycles. The van der Waals surface area contributed by atoms with Crippen LogP contribution >= 0.6 is 11.6 Å². The molecule has 22 heavy (non-hydrogen) atoms. The fourth-order valence-corrected chi connectivity index (χ4v) is 2.91. The number of carbonyl (C=O) groups excluding carboxylic acids is 1. The molecular formula is C18H22ClNO2. The number of halogens is 1. The Kier molecular flexibility index (Phi) is 5.13. The van der Waals surface area contributed by atoms with Crippen molar-refractivity contribution in [3.8, 4) is 6.07 Å². The van der Waals surface area contributed by atoms with Crippen LogP contribution in [0.5, 0.6) is 0 Å². The molecule has 0 amide bonds. The maximum absolute atomic E-state index is 12.5. The van der Waals surface area contributed by atoms with Crippen LogP contribution in [0.2, 0.25) is 5.02 Å². The van der Waals surface area contributed by atoms with E-state index < -0.39 is 5.41 Å². The van der Waals surface area contributed by atoms with Gasteiger partial charge in [-0.3, -0.25) is 4.79 Å². The first-order valence-electron chi connectivity index (χ1n) is 7.74. The Balaban J connectivity index is 1.93. The minimum atomic E-state index is -0.491. The highest BCUT2D eigenvalue weighted by Gasteiger charge is 2.47. The van der Waals surface area contributed by atoms with E-state index in [1.807, 2.05) is 38.1 Å². The molecule has 1 saturated carbocycles. The highest BCUT2D eigenvalue weighted by Crippen LogP contribution is 2.45. The lowest BCUT2D eigenvalue weighted by Gasteiger charge is -2.39. The molecule has 0 radical (unpaired) electrons. The molecule has 0 unspecified atom stereocenters. The van der Waals surface area contributed by atoms with Crippen molar-refractivity contribution < 1.29 is 9.53 Å². The molecule has 2 rings (SSSR count). The summed E-state index contributed by atoms with van der Waals surface area (Å²) in [6.45, 7) is 4.17. The number of carbonyl (C=O) groups is 1. The zero-order chi connectivity index (χ0) is 16.2. The first kappa shape index (κ1) is 16.8. The van der Waals surface area contributed by atoms with Crippen LogP contribution in [0, 0.1) is 16.7 Å². The van der Waals surface area contributed by atoms with Gasteiger partial charge in [-0.15, -0.1) is 0 Å². The summed E-state index contributed by atoms with van der Waals surface area (Å²) in [5.41, 5.74) is 0.136. The SMILES string of the molecule is CC(C)(C#N)CCCOC(=O)C1(c2ccc(Cl)cc2)CCC1. The molecule has 0 heterocycles. The van der Waals surface area contributed by atoms with Crippen molar-refractivity contribution in [2.75, 3.05) is 6.61 Å². The Bertz CT molecular complexity index is 568. The van der Waals surface area contributed by atoms with Crippen LogP contribution in [0.25, 0.3) is 0 Å². The second-order valence-electron chi connectivity index (χ2n) is 6.68. The van der Waals surface area contributed by atoms with E-state index >= 15 is 0 Å². The average Bonchev–Trinajstić information content (AvgIpc) is 2.44. The number of ether oxygens (including phenoxy) is 1. The zero-order valence-corrected chi connectivity index (χ0v) is 13.9. The van der Waals surface area contributed by atoms with Crippen molar-refractivity contribution in [2.24, 2.45) is 5.41 Å². The van der Waals surface area contributed by atoms with Crippen LogP contribution in [0.1, 0.15) is 51.5 Å². The van der Waals surface area contributed by atoms with E-state index in [0.717, 1.165) is 31.2 Å². The van der Waals surface area contributed by atoms with Crippen molar-refractivity contribution in [3.05, 3.63) is 34.9 Å². The quantitative estimate of drug-likeness (QED) is 0.567. The molecule has 1 aromatic carbocycles. The van der Waals surface area contributed by atoms with Crippen LogP contribution < -0.4 is 0 Å². The summed E-state index contributed by atoms with van der Waals surface area (Å²) in [5, 5.41) is 9.65. The van der Waals surface area contributed by atoms with Gasteiger partial charge in [0, 0.05) is 5.02 Å². The minimum absolute atomic E-state index is 0.143. The Morgan fingerprint density at radius 2 is 2.00 bits per heavy atom.